The highest BCUT2D eigenvalue weighted by Gasteiger charge is 2.33. The van der Waals surface area contributed by atoms with Gasteiger partial charge in [0.15, 0.2) is 0 Å². The fraction of sp³-hybridized carbons (Fsp3) is 0.381. The molecule has 2 aromatic carbocycles. The van der Waals surface area contributed by atoms with Gasteiger partial charge >= 0.3 is 6.18 Å². The zero-order valence-corrected chi connectivity index (χ0v) is 18.0. The molecule has 2 rings (SSSR count). The Morgan fingerprint density at radius 1 is 1.10 bits per heavy atom. The summed E-state index contributed by atoms with van der Waals surface area (Å²) in [6.45, 7) is 2.94. The molecule has 9 heteroatoms. The molecule has 0 unspecified atom stereocenters. The third-order valence-electron chi connectivity index (χ3n) is 4.49. The minimum absolute atomic E-state index is 0.131. The number of rotatable bonds is 7. The van der Waals surface area contributed by atoms with E-state index in [1.54, 1.807) is 18.9 Å². The zero-order chi connectivity index (χ0) is 22.6. The summed E-state index contributed by atoms with van der Waals surface area (Å²) >= 11 is 6.19. The Kier molecular flexibility index (Phi) is 7.71. The molecule has 164 valence electrons. The van der Waals surface area contributed by atoms with E-state index in [-0.39, 0.29) is 22.0 Å². The Morgan fingerprint density at radius 2 is 1.77 bits per heavy atom. The predicted octanol–water partition coefficient (Wildman–Crippen LogP) is 5.45. The molecule has 1 amide bonds. The summed E-state index contributed by atoms with van der Waals surface area (Å²) in [7, 11) is 5.49. The highest BCUT2D eigenvalue weighted by Crippen LogP contribution is 2.40. The van der Waals surface area contributed by atoms with E-state index in [9.17, 15) is 22.4 Å². The van der Waals surface area contributed by atoms with Crippen molar-refractivity contribution in [3.63, 3.8) is 0 Å². The SMILES string of the molecule is Cc1ccc(F)c(C(=O)Nc2cc(C(F)(F)F)cc(Cl)c2N(C)CCCN(C)C)c1. The molecule has 0 aliphatic carbocycles. The number of amides is 1. The second kappa shape index (κ2) is 9.66. The molecule has 0 saturated heterocycles. The number of nitrogens with one attached hydrogen (secondary N) is 1. The summed E-state index contributed by atoms with van der Waals surface area (Å²) in [5.41, 5.74) is -0.509. The topological polar surface area (TPSA) is 35.6 Å². The molecule has 0 radical (unpaired) electrons. The van der Waals surface area contributed by atoms with Crippen LogP contribution >= 0.6 is 11.6 Å². The van der Waals surface area contributed by atoms with Crippen LogP contribution in [0.4, 0.5) is 28.9 Å². The number of hydrogen-bond donors (Lipinski definition) is 1. The first kappa shape index (κ1) is 24.0. The van der Waals surface area contributed by atoms with Gasteiger partial charge in [0.2, 0.25) is 0 Å². The van der Waals surface area contributed by atoms with Crippen LogP contribution in [-0.4, -0.2) is 45.0 Å². The lowest BCUT2D eigenvalue weighted by molar-refractivity contribution is -0.137. The number of nitrogens with zero attached hydrogens (tertiary/aromatic N) is 2. The van der Waals surface area contributed by atoms with Gasteiger partial charge in [-0.15, -0.1) is 0 Å². The number of hydrogen-bond acceptors (Lipinski definition) is 3. The van der Waals surface area contributed by atoms with Crippen molar-refractivity contribution in [2.24, 2.45) is 0 Å². The van der Waals surface area contributed by atoms with Crippen molar-refractivity contribution < 1.29 is 22.4 Å². The zero-order valence-electron chi connectivity index (χ0n) is 17.2. The Bertz CT molecular complexity index is 916. The lowest BCUT2D eigenvalue weighted by Crippen LogP contribution is -2.25. The standard InChI is InChI=1S/C21H24ClF4N3O/c1-13-6-7-17(23)15(10-13)20(30)27-18-12-14(21(24,25)26)11-16(22)19(18)29(4)9-5-8-28(2)3/h6-7,10-12H,5,8-9H2,1-4H3,(H,27,30). The number of carbonyl (C=O) groups is 1. The molecular weight excluding hydrogens is 422 g/mol. The number of aryl methyl sites for hydroxylation is 1. The number of carbonyl (C=O) groups excluding carboxylic acids is 1. The predicted molar refractivity (Wildman–Crippen MR) is 112 cm³/mol. The van der Waals surface area contributed by atoms with Gasteiger partial charge in [0, 0.05) is 13.6 Å². The molecule has 0 aliphatic heterocycles. The highest BCUT2D eigenvalue weighted by molar-refractivity contribution is 6.34. The van der Waals surface area contributed by atoms with E-state index in [2.05, 4.69) is 5.32 Å². The minimum Gasteiger partial charge on any atom is -0.372 e. The fourth-order valence-corrected chi connectivity index (χ4v) is 3.35. The van der Waals surface area contributed by atoms with Gasteiger partial charge in [-0.05, 0) is 58.3 Å². The van der Waals surface area contributed by atoms with Gasteiger partial charge in [-0.3, -0.25) is 4.79 Å². The van der Waals surface area contributed by atoms with Crippen molar-refractivity contribution in [1.29, 1.82) is 0 Å². The Morgan fingerprint density at radius 3 is 2.37 bits per heavy atom. The number of anilines is 2. The van der Waals surface area contributed by atoms with Crippen LogP contribution < -0.4 is 10.2 Å². The van der Waals surface area contributed by atoms with Crippen molar-refractivity contribution >= 4 is 28.9 Å². The van der Waals surface area contributed by atoms with Crippen LogP contribution in [-0.2, 0) is 6.18 Å². The maximum atomic E-state index is 14.1. The van der Waals surface area contributed by atoms with E-state index in [4.69, 9.17) is 11.6 Å². The van der Waals surface area contributed by atoms with Crippen molar-refractivity contribution in [2.75, 3.05) is 44.4 Å². The van der Waals surface area contributed by atoms with Gasteiger partial charge in [-0.1, -0.05) is 23.2 Å². The minimum atomic E-state index is -4.65. The van der Waals surface area contributed by atoms with Gasteiger partial charge in [-0.2, -0.15) is 13.2 Å². The van der Waals surface area contributed by atoms with Gasteiger partial charge < -0.3 is 15.1 Å². The van der Waals surface area contributed by atoms with Crippen molar-refractivity contribution in [1.82, 2.24) is 4.90 Å². The first-order valence-electron chi connectivity index (χ1n) is 9.24. The second-order valence-corrected chi connectivity index (χ2v) is 7.78. The average molecular weight is 446 g/mol. The maximum Gasteiger partial charge on any atom is 0.416 e. The summed E-state index contributed by atoms with van der Waals surface area (Å²) in [4.78, 5) is 16.3. The van der Waals surface area contributed by atoms with Crippen LogP contribution in [0.15, 0.2) is 30.3 Å². The first-order chi connectivity index (χ1) is 13.9. The van der Waals surface area contributed by atoms with Gasteiger partial charge in [0.1, 0.15) is 5.82 Å². The second-order valence-electron chi connectivity index (χ2n) is 7.37. The number of alkyl halides is 3. The molecule has 0 heterocycles. The summed E-state index contributed by atoms with van der Waals surface area (Å²) in [6, 6.07) is 5.60. The number of halogens is 5. The van der Waals surface area contributed by atoms with E-state index in [1.165, 1.54) is 12.1 Å². The average Bonchev–Trinajstić information content (AvgIpc) is 2.62. The summed E-state index contributed by atoms with van der Waals surface area (Å²) < 4.78 is 54.0. The van der Waals surface area contributed by atoms with E-state index in [0.717, 1.165) is 31.2 Å². The lowest BCUT2D eigenvalue weighted by Gasteiger charge is -2.26. The summed E-state index contributed by atoms with van der Waals surface area (Å²) in [5.74, 6) is -1.62. The molecule has 0 atom stereocenters. The monoisotopic (exact) mass is 445 g/mol. The van der Waals surface area contributed by atoms with Crippen LogP contribution in [0.2, 0.25) is 5.02 Å². The molecule has 0 saturated carbocycles. The van der Waals surface area contributed by atoms with Crippen molar-refractivity contribution in [3.8, 4) is 0 Å². The van der Waals surface area contributed by atoms with E-state index in [0.29, 0.717) is 12.1 Å². The Balaban J connectivity index is 2.44. The van der Waals surface area contributed by atoms with Crippen molar-refractivity contribution in [2.45, 2.75) is 19.5 Å². The summed E-state index contributed by atoms with van der Waals surface area (Å²) in [6.07, 6.45) is -3.93. The van der Waals surface area contributed by atoms with Crippen LogP contribution in [0.1, 0.15) is 27.9 Å². The van der Waals surface area contributed by atoms with Gasteiger partial charge in [0.25, 0.3) is 5.91 Å². The molecule has 2 aromatic rings. The Labute approximate surface area is 178 Å². The molecule has 1 N–H and O–H groups in total. The molecule has 0 aliphatic rings. The molecule has 0 aromatic heterocycles. The molecule has 30 heavy (non-hydrogen) atoms. The van der Waals surface area contributed by atoms with E-state index >= 15 is 0 Å². The van der Waals surface area contributed by atoms with Gasteiger partial charge in [0.05, 0.1) is 27.5 Å². The largest absolute Gasteiger partial charge is 0.416 e. The van der Waals surface area contributed by atoms with Crippen LogP contribution in [0, 0.1) is 12.7 Å². The molecule has 0 bridgehead atoms. The molecule has 0 fully saturated rings. The van der Waals surface area contributed by atoms with E-state index < -0.39 is 23.5 Å². The van der Waals surface area contributed by atoms with Crippen molar-refractivity contribution in [3.05, 3.63) is 57.9 Å². The Hall–Kier alpha value is -2.32. The van der Waals surface area contributed by atoms with Crippen LogP contribution in [0.5, 0.6) is 0 Å². The highest BCUT2D eigenvalue weighted by atomic mass is 35.5. The maximum absolute atomic E-state index is 14.1. The van der Waals surface area contributed by atoms with Gasteiger partial charge in [-0.25, -0.2) is 4.39 Å². The smallest absolute Gasteiger partial charge is 0.372 e. The lowest BCUT2D eigenvalue weighted by atomic mass is 10.1. The fourth-order valence-electron chi connectivity index (χ4n) is 2.98. The quantitative estimate of drug-likeness (QED) is 0.576. The molecule has 0 spiro atoms. The van der Waals surface area contributed by atoms with Crippen LogP contribution in [0.25, 0.3) is 0 Å². The third kappa shape index (κ3) is 6.09. The number of benzene rings is 2. The first-order valence-corrected chi connectivity index (χ1v) is 9.62. The van der Waals surface area contributed by atoms with Crippen LogP contribution in [0.3, 0.4) is 0 Å². The summed E-state index contributed by atoms with van der Waals surface area (Å²) in [5, 5.41) is 2.26. The third-order valence-corrected chi connectivity index (χ3v) is 4.77. The normalized spacial score (nSPS) is 11.7. The van der Waals surface area contributed by atoms with E-state index in [1.807, 2.05) is 19.0 Å². The molecule has 4 nitrogen and oxygen atoms in total. The molecular formula is C21H24ClF4N3O.